The lowest BCUT2D eigenvalue weighted by Gasteiger charge is -2.13. The molecule has 1 unspecified atom stereocenters. The number of rotatable bonds is 5. The first kappa shape index (κ1) is 12.9. The van der Waals surface area contributed by atoms with Crippen LogP contribution in [0.2, 0.25) is 5.02 Å². The van der Waals surface area contributed by atoms with Crippen molar-refractivity contribution in [2.75, 3.05) is 6.61 Å². The van der Waals surface area contributed by atoms with Crippen molar-refractivity contribution in [3.63, 3.8) is 0 Å². The summed E-state index contributed by atoms with van der Waals surface area (Å²) in [6.07, 6.45) is 4.29. The van der Waals surface area contributed by atoms with Gasteiger partial charge in [-0.1, -0.05) is 17.7 Å². The van der Waals surface area contributed by atoms with Gasteiger partial charge in [0.05, 0.1) is 0 Å². The molecule has 2 aromatic rings. The Labute approximate surface area is 112 Å². The van der Waals surface area contributed by atoms with Crippen molar-refractivity contribution in [3.05, 3.63) is 59.4 Å². The lowest BCUT2D eigenvalue weighted by Crippen LogP contribution is -2.30. The van der Waals surface area contributed by atoms with Gasteiger partial charge in [-0.05, 0) is 42.3 Å². The van der Waals surface area contributed by atoms with E-state index >= 15 is 0 Å². The van der Waals surface area contributed by atoms with Crippen LogP contribution in [-0.2, 0) is 6.42 Å². The molecule has 1 atom stereocenters. The second-order valence-corrected chi connectivity index (χ2v) is 4.52. The minimum atomic E-state index is -0.0496. The van der Waals surface area contributed by atoms with E-state index in [0.717, 1.165) is 17.7 Å². The van der Waals surface area contributed by atoms with Crippen molar-refractivity contribution in [3.8, 4) is 5.75 Å². The number of nitrogens with zero attached hydrogens (tertiary/aromatic N) is 1. The fourth-order valence-electron chi connectivity index (χ4n) is 1.64. The minimum Gasteiger partial charge on any atom is -0.492 e. The van der Waals surface area contributed by atoms with Crippen molar-refractivity contribution in [1.82, 2.24) is 4.98 Å². The van der Waals surface area contributed by atoms with Crippen LogP contribution in [0.3, 0.4) is 0 Å². The third-order valence-corrected chi connectivity index (χ3v) is 2.74. The molecule has 1 aromatic heterocycles. The van der Waals surface area contributed by atoms with E-state index in [4.69, 9.17) is 22.1 Å². The largest absolute Gasteiger partial charge is 0.492 e. The summed E-state index contributed by atoms with van der Waals surface area (Å²) in [4.78, 5) is 3.97. The highest BCUT2D eigenvalue weighted by Crippen LogP contribution is 2.17. The van der Waals surface area contributed by atoms with Crippen LogP contribution in [0, 0.1) is 0 Å². The maximum absolute atomic E-state index is 6.01. The number of ether oxygens (including phenoxy) is 1. The van der Waals surface area contributed by atoms with Crippen LogP contribution in [-0.4, -0.2) is 17.6 Å². The first-order valence-corrected chi connectivity index (χ1v) is 6.14. The Bertz CT molecular complexity index is 490. The third-order valence-electron chi connectivity index (χ3n) is 2.51. The number of nitrogens with two attached hydrogens (primary N) is 1. The maximum atomic E-state index is 6.01. The Hall–Kier alpha value is -1.58. The van der Waals surface area contributed by atoms with Crippen molar-refractivity contribution >= 4 is 11.6 Å². The van der Waals surface area contributed by atoms with E-state index in [1.54, 1.807) is 18.5 Å². The number of benzene rings is 1. The van der Waals surface area contributed by atoms with Crippen molar-refractivity contribution in [2.24, 2.45) is 5.73 Å². The predicted octanol–water partition coefficient (Wildman–Crippen LogP) is 2.68. The van der Waals surface area contributed by atoms with Crippen molar-refractivity contribution in [1.29, 1.82) is 0 Å². The van der Waals surface area contributed by atoms with Crippen LogP contribution in [0.1, 0.15) is 5.56 Å². The lowest BCUT2D eigenvalue weighted by atomic mass is 10.1. The summed E-state index contributed by atoms with van der Waals surface area (Å²) < 4.78 is 5.60. The monoisotopic (exact) mass is 262 g/mol. The van der Waals surface area contributed by atoms with E-state index in [9.17, 15) is 0 Å². The summed E-state index contributed by atoms with van der Waals surface area (Å²) in [7, 11) is 0. The summed E-state index contributed by atoms with van der Waals surface area (Å²) in [6.45, 7) is 0.461. The Morgan fingerprint density at radius 2 is 2.00 bits per heavy atom. The highest BCUT2D eigenvalue weighted by molar-refractivity contribution is 6.30. The quantitative estimate of drug-likeness (QED) is 0.901. The molecule has 0 aliphatic rings. The summed E-state index contributed by atoms with van der Waals surface area (Å²) in [6, 6.07) is 11.2. The predicted molar refractivity (Wildman–Crippen MR) is 72.9 cm³/mol. The molecule has 0 saturated heterocycles. The van der Waals surface area contributed by atoms with Gasteiger partial charge in [-0.15, -0.1) is 0 Å². The van der Waals surface area contributed by atoms with Gasteiger partial charge in [0.1, 0.15) is 12.4 Å². The molecule has 1 aromatic carbocycles. The van der Waals surface area contributed by atoms with Gasteiger partial charge in [-0.3, -0.25) is 4.98 Å². The van der Waals surface area contributed by atoms with E-state index in [0.29, 0.717) is 11.6 Å². The second-order valence-electron chi connectivity index (χ2n) is 4.09. The minimum absolute atomic E-state index is 0.0496. The van der Waals surface area contributed by atoms with Crippen LogP contribution in [0.5, 0.6) is 5.75 Å². The smallest absolute Gasteiger partial charge is 0.120 e. The first-order valence-electron chi connectivity index (χ1n) is 5.77. The molecule has 0 fully saturated rings. The van der Waals surface area contributed by atoms with Gasteiger partial charge in [-0.2, -0.15) is 0 Å². The van der Waals surface area contributed by atoms with Gasteiger partial charge in [0.15, 0.2) is 0 Å². The summed E-state index contributed by atoms with van der Waals surface area (Å²) in [5.41, 5.74) is 7.17. The fraction of sp³-hybridized carbons (Fsp3) is 0.214. The van der Waals surface area contributed by atoms with Crippen molar-refractivity contribution < 1.29 is 4.74 Å². The van der Waals surface area contributed by atoms with E-state index in [1.807, 2.05) is 30.3 Å². The van der Waals surface area contributed by atoms with Crippen molar-refractivity contribution in [2.45, 2.75) is 12.5 Å². The van der Waals surface area contributed by atoms with E-state index in [1.165, 1.54) is 0 Å². The van der Waals surface area contributed by atoms with Gasteiger partial charge in [0.25, 0.3) is 0 Å². The molecule has 0 amide bonds. The molecule has 2 rings (SSSR count). The van der Waals surface area contributed by atoms with E-state index < -0.39 is 0 Å². The zero-order valence-corrected chi connectivity index (χ0v) is 10.7. The van der Waals surface area contributed by atoms with Gasteiger partial charge >= 0.3 is 0 Å². The van der Waals surface area contributed by atoms with Crippen LogP contribution >= 0.6 is 11.6 Å². The molecule has 18 heavy (non-hydrogen) atoms. The summed E-state index contributed by atoms with van der Waals surface area (Å²) >= 11 is 5.87. The average molecular weight is 263 g/mol. The molecule has 3 nitrogen and oxygen atoms in total. The molecule has 0 saturated carbocycles. The van der Waals surface area contributed by atoms with E-state index in [-0.39, 0.29) is 6.04 Å². The van der Waals surface area contributed by atoms with Crippen LogP contribution < -0.4 is 10.5 Å². The SMILES string of the molecule is NC(COc1cccc(Cl)c1)Cc1ccncc1. The number of hydrogen-bond donors (Lipinski definition) is 1. The fourth-order valence-corrected chi connectivity index (χ4v) is 1.82. The average Bonchev–Trinajstić information content (AvgIpc) is 2.38. The highest BCUT2D eigenvalue weighted by Gasteiger charge is 2.05. The molecule has 4 heteroatoms. The number of hydrogen-bond acceptors (Lipinski definition) is 3. The Balaban J connectivity index is 1.83. The van der Waals surface area contributed by atoms with Gasteiger partial charge < -0.3 is 10.5 Å². The molecule has 0 aliphatic carbocycles. The van der Waals surface area contributed by atoms with E-state index in [2.05, 4.69) is 4.98 Å². The molecule has 0 radical (unpaired) electrons. The lowest BCUT2D eigenvalue weighted by molar-refractivity contribution is 0.287. The molecule has 2 N–H and O–H groups in total. The Morgan fingerprint density at radius 3 is 2.72 bits per heavy atom. The Kier molecular flexibility index (Phi) is 4.56. The highest BCUT2D eigenvalue weighted by atomic mass is 35.5. The maximum Gasteiger partial charge on any atom is 0.120 e. The second kappa shape index (κ2) is 6.38. The van der Waals surface area contributed by atoms with Gasteiger partial charge in [-0.25, -0.2) is 0 Å². The van der Waals surface area contributed by atoms with Gasteiger partial charge in [0.2, 0.25) is 0 Å². The molecule has 0 aliphatic heterocycles. The summed E-state index contributed by atoms with van der Waals surface area (Å²) in [5, 5.41) is 0.662. The molecule has 94 valence electrons. The number of aromatic nitrogens is 1. The molecular formula is C14H15ClN2O. The molecule has 1 heterocycles. The standard InChI is InChI=1S/C14H15ClN2O/c15-12-2-1-3-14(9-12)18-10-13(16)8-11-4-6-17-7-5-11/h1-7,9,13H,8,10,16H2. The normalized spacial score (nSPS) is 12.1. The Morgan fingerprint density at radius 1 is 1.22 bits per heavy atom. The first-order chi connectivity index (χ1) is 8.74. The summed E-state index contributed by atoms with van der Waals surface area (Å²) in [5.74, 6) is 0.743. The molecule has 0 bridgehead atoms. The van der Waals surface area contributed by atoms with Gasteiger partial charge in [0, 0.05) is 23.5 Å². The molecular weight excluding hydrogens is 248 g/mol. The zero-order chi connectivity index (χ0) is 12.8. The number of halogens is 1. The zero-order valence-electron chi connectivity index (χ0n) is 9.92. The van der Waals surface area contributed by atoms with Crippen LogP contribution in [0.4, 0.5) is 0 Å². The topological polar surface area (TPSA) is 48.1 Å². The number of pyridine rings is 1. The van der Waals surface area contributed by atoms with Crippen LogP contribution in [0.15, 0.2) is 48.8 Å². The third kappa shape index (κ3) is 4.02. The molecule has 0 spiro atoms. The van der Waals surface area contributed by atoms with Crippen LogP contribution in [0.25, 0.3) is 0 Å².